The second-order valence-electron chi connectivity index (χ2n) is 7.40. The van der Waals surface area contributed by atoms with Gasteiger partial charge in [0.2, 0.25) is 5.91 Å². The fourth-order valence-electron chi connectivity index (χ4n) is 4.28. The molecule has 1 aliphatic carbocycles. The second kappa shape index (κ2) is 6.33. The predicted octanol–water partition coefficient (Wildman–Crippen LogP) is 0.0733. The summed E-state index contributed by atoms with van der Waals surface area (Å²) < 4.78 is 23.0. The Morgan fingerprint density at radius 3 is 2.81 bits per heavy atom. The first-order chi connectivity index (χ1) is 12.8. The van der Waals surface area contributed by atoms with Gasteiger partial charge in [0.25, 0.3) is 5.91 Å². The lowest BCUT2D eigenvalue weighted by atomic mass is 9.76. The molecule has 8 nitrogen and oxygen atoms in total. The number of rotatable bonds is 3. The third-order valence-electron chi connectivity index (χ3n) is 5.55. The second-order valence-corrected chi connectivity index (χ2v) is 9.63. The van der Waals surface area contributed by atoms with Gasteiger partial charge in [-0.3, -0.25) is 14.5 Å². The summed E-state index contributed by atoms with van der Waals surface area (Å²) in [5.74, 6) is -1.01. The van der Waals surface area contributed by atoms with E-state index in [-0.39, 0.29) is 11.5 Å². The normalized spacial score (nSPS) is 28.9. The van der Waals surface area contributed by atoms with E-state index in [2.05, 4.69) is 10.6 Å². The molecule has 2 aliphatic heterocycles. The van der Waals surface area contributed by atoms with Crippen molar-refractivity contribution in [3.63, 3.8) is 0 Å². The maximum Gasteiger partial charge on any atom is 0.325 e. The third-order valence-corrected chi connectivity index (χ3v) is 7.32. The Morgan fingerprint density at radius 1 is 1.30 bits per heavy atom. The molecule has 1 spiro atoms. The Bertz CT molecular complexity index is 929. The van der Waals surface area contributed by atoms with Gasteiger partial charge in [-0.15, -0.1) is 0 Å². The van der Waals surface area contributed by atoms with E-state index < -0.39 is 45.8 Å². The largest absolute Gasteiger partial charge is 0.351 e. The maximum absolute atomic E-state index is 13.1. The molecule has 2 fully saturated rings. The summed E-state index contributed by atoms with van der Waals surface area (Å²) in [6.07, 6.45) is 2.46. The lowest BCUT2D eigenvalue weighted by molar-refractivity contribution is -0.135. The molecule has 2 N–H and O–H groups in total. The number of benzene rings is 1. The number of carbonyl (C=O) groups is 3. The number of nitrogens with one attached hydrogen (secondary N) is 2. The van der Waals surface area contributed by atoms with E-state index in [0.717, 1.165) is 28.9 Å². The highest BCUT2D eigenvalue weighted by Crippen LogP contribution is 2.39. The highest BCUT2D eigenvalue weighted by Gasteiger charge is 2.54. The number of hydrogen-bond donors (Lipinski definition) is 2. The molecule has 1 aromatic rings. The molecule has 1 aromatic carbocycles. The number of imide groups is 1. The number of amides is 4. The topological polar surface area (TPSA) is 113 Å². The molecule has 2 atom stereocenters. The third kappa shape index (κ3) is 3.09. The van der Waals surface area contributed by atoms with Crippen LogP contribution >= 0.6 is 0 Å². The van der Waals surface area contributed by atoms with Crippen LogP contribution in [-0.4, -0.2) is 55.3 Å². The number of urea groups is 1. The van der Waals surface area contributed by atoms with Crippen molar-refractivity contribution >= 4 is 27.7 Å². The SMILES string of the molecule is O=C(CN1C(=O)N[C@@]2(CCCc3ccccc32)C1=O)N[C@H]1CCS(=O)(=O)C1. The molecule has 144 valence electrons. The van der Waals surface area contributed by atoms with E-state index in [4.69, 9.17) is 0 Å². The van der Waals surface area contributed by atoms with Crippen molar-refractivity contribution in [1.29, 1.82) is 0 Å². The van der Waals surface area contributed by atoms with Crippen molar-refractivity contribution in [3.8, 4) is 0 Å². The van der Waals surface area contributed by atoms with Crippen LogP contribution in [0, 0.1) is 0 Å². The van der Waals surface area contributed by atoms with Crippen LogP contribution < -0.4 is 10.6 Å². The van der Waals surface area contributed by atoms with Crippen LogP contribution in [0.4, 0.5) is 4.79 Å². The van der Waals surface area contributed by atoms with Crippen LogP contribution in [0.25, 0.3) is 0 Å². The van der Waals surface area contributed by atoms with Gasteiger partial charge in [-0.05, 0) is 36.8 Å². The first kappa shape index (κ1) is 18.0. The summed E-state index contributed by atoms with van der Waals surface area (Å²) in [5.41, 5.74) is 0.711. The molecule has 4 rings (SSSR count). The minimum absolute atomic E-state index is 0.0426. The Hall–Kier alpha value is -2.42. The molecule has 2 saturated heterocycles. The molecule has 0 aromatic heterocycles. The molecular weight excluding hydrogens is 370 g/mol. The molecule has 0 unspecified atom stereocenters. The van der Waals surface area contributed by atoms with Crippen molar-refractivity contribution in [2.75, 3.05) is 18.1 Å². The highest BCUT2D eigenvalue weighted by molar-refractivity contribution is 7.91. The van der Waals surface area contributed by atoms with E-state index in [0.29, 0.717) is 12.8 Å². The van der Waals surface area contributed by atoms with Gasteiger partial charge in [0.15, 0.2) is 9.84 Å². The lowest BCUT2D eigenvalue weighted by Crippen LogP contribution is -2.48. The van der Waals surface area contributed by atoms with Crippen LogP contribution in [-0.2, 0) is 31.4 Å². The Morgan fingerprint density at radius 2 is 2.07 bits per heavy atom. The summed E-state index contributed by atoms with van der Waals surface area (Å²) in [6, 6.07) is 6.48. The van der Waals surface area contributed by atoms with Gasteiger partial charge >= 0.3 is 6.03 Å². The molecule has 0 saturated carbocycles. The molecule has 9 heteroatoms. The van der Waals surface area contributed by atoms with Gasteiger partial charge in [0.1, 0.15) is 12.1 Å². The summed E-state index contributed by atoms with van der Waals surface area (Å²) in [4.78, 5) is 38.8. The number of aryl methyl sites for hydroxylation is 1. The van der Waals surface area contributed by atoms with Crippen LogP contribution in [0.2, 0.25) is 0 Å². The molecule has 27 heavy (non-hydrogen) atoms. The first-order valence-electron chi connectivity index (χ1n) is 9.03. The Kier molecular flexibility index (Phi) is 4.21. The number of carbonyl (C=O) groups excluding carboxylic acids is 3. The van der Waals surface area contributed by atoms with Gasteiger partial charge in [0, 0.05) is 6.04 Å². The fraction of sp³-hybridized carbons (Fsp3) is 0.500. The van der Waals surface area contributed by atoms with E-state index in [1.807, 2.05) is 24.3 Å². The van der Waals surface area contributed by atoms with Crippen LogP contribution in [0.3, 0.4) is 0 Å². The summed E-state index contributed by atoms with van der Waals surface area (Å²) in [5, 5.41) is 5.42. The molecule has 2 heterocycles. The van der Waals surface area contributed by atoms with E-state index in [9.17, 15) is 22.8 Å². The zero-order valence-electron chi connectivity index (χ0n) is 14.7. The molecule has 0 radical (unpaired) electrons. The van der Waals surface area contributed by atoms with E-state index >= 15 is 0 Å². The maximum atomic E-state index is 13.1. The Labute approximate surface area is 157 Å². The van der Waals surface area contributed by atoms with Crippen molar-refractivity contribution < 1.29 is 22.8 Å². The van der Waals surface area contributed by atoms with Gasteiger partial charge in [0.05, 0.1) is 11.5 Å². The summed E-state index contributed by atoms with van der Waals surface area (Å²) in [6.45, 7) is -0.412. The Balaban J connectivity index is 1.50. The van der Waals surface area contributed by atoms with Crippen LogP contribution in [0.5, 0.6) is 0 Å². The molecule has 3 aliphatic rings. The van der Waals surface area contributed by atoms with Gasteiger partial charge in [-0.2, -0.15) is 0 Å². The van der Waals surface area contributed by atoms with Crippen molar-refractivity contribution in [3.05, 3.63) is 35.4 Å². The van der Waals surface area contributed by atoms with Crippen molar-refractivity contribution in [2.45, 2.75) is 37.3 Å². The molecule has 4 amide bonds. The van der Waals surface area contributed by atoms with Gasteiger partial charge < -0.3 is 10.6 Å². The monoisotopic (exact) mass is 391 g/mol. The van der Waals surface area contributed by atoms with Crippen molar-refractivity contribution in [2.24, 2.45) is 0 Å². The standard InChI is InChI=1S/C18H21N3O5S/c22-15(19-13-7-9-27(25,26)11-13)10-21-16(23)18(20-17(21)24)8-3-5-12-4-1-2-6-14(12)18/h1-2,4,6,13H,3,5,7-11H2,(H,19,22)(H,20,24)/t13-,18+/m0/s1. The van der Waals surface area contributed by atoms with Gasteiger partial charge in [-0.25, -0.2) is 13.2 Å². The predicted molar refractivity (Wildman–Crippen MR) is 96.5 cm³/mol. The summed E-state index contributed by atoms with van der Waals surface area (Å²) in [7, 11) is -3.12. The number of fused-ring (bicyclic) bond motifs is 2. The quantitative estimate of drug-likeness (QED) is 0.708. The van der Waals surface area contributed by atoms with E-state index in [1.165, 1.54) is 0 Å². The minimum atomic E-state index is -3.12. The van der Waals surface area contributed by atoms with Gasteiger partial charge in [-0.1, -0.05) is 24.3 Å². The highest BCUT2D eigenvalue weighted by atomic mass is 32.2. The molecular formula is C18H21N3O5S. The first-order valence-corrected chi connectivity index (χ1v) is 10.9. The average Bonchev–Trinajstić information content (AvgIpc) is 3.07. The lowest BCUT2D eigenvalue weighted by Gasteiger charge is -2.33. The average molecular weight is 391 g/mol. The van der Waals surface area contributed by atoms with Crippen molar-refractivity contribution in [1.82, 2.24) is 15.5 Å². The number of sulfone groups is 1. The van der Waals surface area contributed by atoms with Crippen LogP contribution in [0.15, 0.2) is 24.3 Å². The molecule has 0 bridgehead atoms. The number of nitrogens with zero attached hydrogens (tertiary/aromatic N) is 1. The van der Waals surface area contributed by atoms with Crippen LogP contribution in [0.1, 0.15) is 30.4 Å². The zero-order chi connectivity index (χ0) is 19.2. The minimum Gasteiger partial charge on any atom is -0.351 e. The summed E-state index contributed by atoms with van der Waals surface area (Å²) >= 11 is 0. The zero-order valence-corrected chi connectivity index (χ0v) is 15.5. The fourth-order valence-corrected chi connectivity index (χ4v) is 5.95. The van der Waals surface area contributed by atoms with E-state index in [1.54, 1.807) is 0 Å². The smallest absolute Gasteiger partial charge is 0.325 e. The number of hydrogen-bond acceptors (Lipinski definition) is 5.